The zero-order valence-electron chi connectivity index (χ0n) is 25.2. The van der Waals surface area contributed by atoms with Crippen LogP contribution in [0.2, 0.25) is 0 Å². The molecule has 204 valence electrons. The second-order valence-corrected chi connectivity index (χ2v) is 10.7. The molecule has 2 heteroatoms. The fraction of sp³-hybridized carbons (Fsp3) is 0.600. The summed E-state index contributed by atoms with van der Waals surface area (Å²) in [4.78, 5) is 10.2. The van der Waals surface area contributed by atoms with Gasteiger partial charge in [0, 0.05) is 0 Å². The molecule has 0 N–H and O–H groups in total. The molecular weight excluding hydrogens is 448 g/mol. The minimum Gasteiger partial charge on any atom is -0.252 e. The third kappa shape index (κ3) is 10.2. The van der Waals surface area contributed by atoms with E-state index in [9.17, 15) is 0 Å². The Kier molecular flexibility index (Phi) is 14.5. The fourth-order valence-corrected chi connectivity index (χ4v) is 5.19. The van der Waals surface area contributed by atoms with Gasteiger partial charge in [-0.05, 0) is 117 Å². The highest BCUT2D eigenvalue weighted by molar-refractivity contribution is 6.42. The number of aryl methyl sites for hydroxylation is 4. The number of hydrogen-bond acceptors (Lipinski definition) is 2. The van der Waals surface area contributed by atoms with E-state index < -0.39 is 0 Å². The number of rotatable bonds is 17. The predicted molar refractivity (Wildman–Crippen MR) is 167 cm³/mol. The van der Waals surface area contributed by atoms with Gasteiger partial charge in [0.05, 0.1) is 22.8 Å². The van der Waals surface area contributed by atoms with Crippen LogP contribution in [0, 0.1) is 6.92 Å². The van der Waals surface area contributed by atoms with Gasteiger partial charge in [-0.1, -0.05) is 79.2 Å². The van der Waals surface area contributed by atoms with Crippen LogP contribution in [-0.2, 0) is 25.7 Å². The van der Waals surface area contributed by atoms with Crippen LogP contribution in [0.4, 0.5) is 11.4 Å². The summed E-state index contributed by atoms with van der Waals surface area (Å²) in [6.07, 6.45) is 17.0. The molecule has 0 aliphatic heterocycles. The maximum absolute atomic E-state index is 5.15. The Hall–Kier alpha value is -2.22. The summed E-state index contributed by atoms with van der Waals surface area (Å²) in [6, 6.07) is 11.4. The normalized spacial score (nSPS) is 12.4. The van der Waals surface area contributed by atoms with Gasteiger partial charge in [-0.25, -0.2) is 0 Å². The summed E-state index contributed by atoms with van der Waals surface area (Å²) >= 11 is 0. The van der Waals surface area contributed by atoms with Crippen molar-refractivity contribution in [3.05, 3.63) is 58.1 Å². The monoisotopic (exact) mass is 502 g/mol. The Bertz CT molecular complexity index is 1010. The van der Waals surface area contributed by atoms with E-state index in [1.54, 1.807) is 5.56 Å². The lowest BCUT2D eigenvalue weighted by Gasteiger charge is -2.16. The van der Waals surface area contributed by atoms with Crippen molar-refractivity contribution in [3.63, 3.8) is 0 Å². The van der Waals surface area contributed by atoms with Crippen LogP contribution < -0.4 is 0 Å². The van der Waals surface area contributed by atoms with Crippen LogP contribution in [0.5, 0.6) is 0 Å². The van der Waals surface area contributed by atoms with E-state index >= 15 is 0 Å². The van der Waals surface area contributed by atoms with Gasteiger partial charge >= 0.3 is 0 Å². The Labute approximate surface area is 229 Å². The minimum atomic E-state index is 0.882. The Balaban J connectivity index is 2.39. The van der Waals surface area contributed by atoms with E-state index in [4.69, 9.17) is 9.98 Å². The summed E-state index contributed by atoms with van der Waals surface area (Å²) in [7, 11) is 0. The van der Waals surface area contributed by atoms with Gasteiger partial charge in [-0.15, -0.1) is 0 Å². The lowest BCUT2D eigenvalue weighted by atomic mass is 9.91. The van der Waals surface area contributed by atoms with Crippen LogP contribution in [0.3, 0.4) is 0 Å². The first-order chi connectivity index (χ1) is 18.0. The van der Waals surface area contributed by atoms with Gasteiger partial charge in [-0.3, -0.25) is 9.98 Å². The maximum Gasteiger partial charge on any atom is 0.0639 e. The predicted octanol–water partition coefficient (Wildman–Crippen LogP) is 11.0. The molecule has 0 unspecified atom stereocenters. The highest BCUT2D eigenvalue weighted by Crippen LogP contribution is 2.28. The molecule has 37 heavy (non-hydrogen) atoms. The molecule has 0 bridgehead atoms. The van der Waals surface area contributed by atoms with Crippen molar-refractivity contribution in [3.8, 4) is 0 Å². The van der Waals surface area contributed by atoms with E-state index in [-0.39, 0.29) is 0 Å². The average Bonchev–Trinajstić information content (AvgIpc) is 2.90. The molecule has 0 radical (unpaired) electrons. The van der Waals surface area contributed by atoms with Gasteiger partial charge < -0.3 is 0 Å². The number of aliphatic imine (C=N–C) groups is 2. The summed E-state index contributed by atoms with van der Waals surface area (Å²) in [5.74, 6) is 0. The van der Waals surface area contributed by atoms with Crippen LogP contribution in [0.15, 0.2) is 40.3 Å². The summed E-state index contributed by atoms with van der Waals surface area (Å²) in [6.45, 7) is 15.7. The molecule has 0 amide bonds. The standard InChI is InChI=1S/C35H54N2/c1-8-13-16-18-21-34-29(11-4)24-33(26-31(34)20-17-14-9-2)36-28(7)35(12-5)37-32-23-22-27(6)30(25-32)19-15-10-3/h22-26H,8-21H2,1-7H3. The second kappa shape index (κ2) is 17.3. The first-order valence-electron chi connectivity index (χ1n) is 15.3. The Morgan fingerprint density at radius 1 is 0.622 bits per heavy atom. The molecule has 0 fully saturated rings. The van der Waals surface area contributed by atoms with E-state index in [0.29, 0.717) is 0 Å². The van der Waals surface area contributed by atoms with E-state index in [1.807, 2.05) is 0 Å². The molecular formula is C35H54N2. The first-order valence-corrected chi connectivity index (χ1v) is 15.3. The number of hydrogen-bond donors (Lipinski definition) is 0. The van der Waals surface area contributed by atoms with Crippen molar-refractivity contribution in [1.82, 2.24) is 0 Å². The smallest absolute Gasteiger partial charge is 0.0639 e. The molecule has 2 nitrogen and oxygen atoms in total. The third-order valence-electron chi connectivity index (χ3n) is 7.58. The lowest BCUT2D eigenvalue weighted by molar-refractivity contribution is 0.657. The van der Waals surface area contributed by atoms with Crippen molar-refractivity contribution < 1.29 is 0 Å². The minimum absolute atomic E-state index is 0.882. The Morgan fingerprint density at radius 2 is 1.24 bits per heavy atom. The van der Waals surface area contributed by atoms with E-state index in [0.717, 1.165) is 42.1 Å². The Morgan fingerprint density at radius 3 is 1.92 bits per heavy atom. The highest BCUT2D eigenvalue weighted by Gasteiger charge is 2.12. The molecule has 0 aliphatic rings. The summed E-state index contributed by atoms with van der Waals surface area (Å²) in [5.41, 5.74) is 11.7. The maximum atomic E-state index is 5.15. The molecule has 0 atom stereocenters. The topological polar surface area (TPSA) is 24.7 Å². The van der Waals surface area contributed by atoms with E-state index in [1.165, 1.54) is 92.9 Å². The number of nitrogens with zero attached hydrogens (tertiary/aromatic N) is 2. The van der Waals surface area contributed by atoms with Crippen molar-refractivity contribution in [2.45, 2.75) is 138 Å². The highest BCUT2D eigenvalue weighted by atomic mass is 14.8. The van der Waals surface area contributed by atoms with Crippen molar-refractivity contribution in [1.29, 1.82) is 0 Å². The number of benzene rings is 2. The molecule has 0 spiro atoms. The van der Waals surface area contributed by atoms with Gasteiger partial charge in [0.2, 0.25) is 0 Å². The van der Waals surface area contributed by atoms with Crippen LogP contribution in [0.1, 0.15) is 134 Å². The molecule has 0 saturated heterocycles. The van der Waals surface area contributed by atoms with Crippen molar-refractivity contribution in [2.75, 3.05) is 0 Å². The molecule has 0 aliphatic carbocycles. The molecule has 0 saturated carbocycles. The SMILES string of the molecule is CCCCCCc1c(CC)cc(N=C(C)C(CC)=Nc2ccc(C)c(CCCC)c2)cc1CCCCC. The van der Waals surface area contributed by atoms with Gasteiger partial charge in [0.15, 0.2) is 0 Å². The van der Waals surface area contributed by atoms with E-state index in [2.05, 4.69) is 78.8 Å². The molecule has 0 heterocycles. The first kappa shape index (κ1) is 31.0. The van der Waals surface area contributed by atoms with Crippen molar-refractivity contribution >= 4 is 22.8 Å². The summed E-state index contributed by atoms with van der Waals surface area (Å²) < 4.78 is 0. The molecule has 0 aromatic heterocycles. The average molecular weight is 503 g/mol. The van der Waals surface area contributed by atoms with Gasteiger partial charge in [0.25, 0.3) is 0 Å². The second-order valence-electron chi connectivity index (χ2n) is 10.7. The van der Waals surface area contributed by atoms with Gasteiger partial charge in [-0.2, -0.15) is 0 Å². The zero-order valence-corrected chi connectivity index (χ0v) is 25.2. The third-order valence-corrected chi connectivity index (χ3v) is 7.58. The molecule has 2 aromatic rings. The fourth-order valence-electron chi connectivity index (χ4n) is 5.19. The quantitative estimate of drug-likeness (QED) is 0.152. The zero-order chi connectivity index (χ0) is 27.0. The number of unbranched alkanes of at least 4 members (excludes halogenated alkanes) is 6. The van der Waals surface area contributed by atoms with Crippen molar-refractivity contribution in [2.24, 2.45) is 9.98 Å². The van der Waals surface area contributed by atoms with Crippen LogP contribution in [-0.4, -0.2) is 11.4 Å². The van der Waals surface area contributed by atoms with Crippen LogP contribution in [0.25, 0.3) is 0 Å². The molecule has 2 aromatic carbocycles. The molecule has 2 rings (SSSR count). The van der Waals surface area contributed by atoms with Crippen LogP contribution >= 0.6 is 0 Å². The lowest BCUT2D eigenvalue weighted by Crippen LogP contribution is -2.09. The summed E-state index contributed by atoms with van der Waals surface area (Å²) in [5, 5.41) is 0. The largest absolute Gasteiger partial charge is 0.252 e. The van der Waals surface area contributed by atoms with Gasteiger partial charge in [0.1, 0.15) is 0 Å².